The van der Waals surface area contributed by atoms with Crippen LogP contribution in [0.5, 0.6) is 0 Å². The van der Waals surface area contributed by atoms with E-state index >= 15 is 0 Å². The van der Waals surface area contributed by atoms with Crippen molar-refractivity contribution >= 4 is 11.8 Å². The average molecular weight is 268 g/mol. The molecule has 106 valence electrons. The van der Waals surface area contributed by atoms with Gasteiger partial charge in [0.1, 0.15) is 0 Å². The zero-order valence-corrected chi connectivity index (χ0v) is 11.5. The Morgan fingerprint density at radius 2 is 2.21 bits per heavy atom. The average Bonchev–Trinajstić information content (AvgIpc) is 2.38. The van der Waals surface area contributed by atoms with Gasteiger partial charge in [0.25, 0.3) is 0 Å². The summed E-state index contributed by atoms with van der Waals surface area (Å²) in [5, 5.41) is 6.07. The first-order chi connectivity index (χ1) is 9.19. The predicted octanol–water partition coefficient (Wildman–Crippen LogP) is 2.42. The van der Waals surface area contributed by atoms with Crippen LogP contribution >= 0.6 is 0 Å². The van der Waals surface area contributed by atoms with E-state index < -0.39 is 5.82 Å². The van der Waals surface area contributed by atoms with Gasteiger partial charge in [-0.2, -0.15) is 4.98 Å². The van der Waals surface area contributed by atoms with E-state index in [9.17, 15) is 4.39 Å². The second-order valence-corrected chi connectivity index (χ2v) is 4.91. The Hall–Kier alpha value is -1.43. The van der Waals surface area contributed by atoms with E-state index in [0.29, 0.717) is 12.5 Å². The summed E-state index contributed by atoms with van der Waals surface area (Å²) in [5.41, 5.74) is -0.158. The molecule has 1 heterocycles. The zero-order chi connectivity index (χ0) is 13.7. The second kappa shape index (κ2) is 6.14. The lowest BCUT2D eigenvalue weighted by atomic mass is 9.80. The van der Waals surface area contributed by atoms with Crippen LogP contribution in [0.3, 0.4) is 0 Å². The van der Waals surface area contributed by atoms with E-state index in [2.05, 4.69) is 27.5 Å². The first kappa shape index (κ1) is 14.0. The van der Waals surface area contributed by atoms with Crippen LogP contribution in [0.25, 0.3) is 0 Å². The van der Waals surface area contributed by atoms with Gasteiger partial charge in [0.05, 0.1) is 11.8 Å². The summed E-state index contributed by atoms with van der Waals surface area (Å²) in [6.07, 6.45) is 5.32. The number of halogens is 1. The normalized spacial score (nSPS) is 16.8. The molecule has 1 fully saturated rings. The number of nitrogens with one attached hydrogen (secondary N) is 2. The fourth-order valence-electron chi connectivity index (χ4n) is 2.08. The van der Waals surface area contributed by atoms with Crippen molar-refractivity contribution in [1.82, 2.24) is 9.97 Å². The molecule has 0 atom stereocenters. The Balaban J connectivity index is 1.98. The minimum absolute atomic E-state index is 0.158. The Kier molecular flexibility index (Phi) is 4.52. The van der Waals surface area contributed by atoms with E-state index in [4.69, 9.17) is 4.74 Å². The number of nitrogens with zero attached hydrogens (tertiary/aromatic N) is 2. The molecule has 2 rings (SSSR count). The van der Waals surface area contributed by atoms with Crippen LogP contribution in [0.4, 0.5) is 16.2 Å². The van der Waals surface area contributed by atoms with Crippen LogP contribution in [0.1, 0.15) is 32.6 Å². The maximum atomic E-state index is 13.6. The molecular weight excluding hydrogens is 247 g/mol. The largest absolute Gasteiger partial charge is 0.376 e. The molecule has 1 saturated carbocycles. The molecule has 1 aromatic rings. The number of methoxy groups -OCH3 is 1. The molecule has 1 aromatic heterocycles. The van der Waals surface area contributed by atoms with Gasteiger partial charge in [-0.25, -0.2) is 9.37 Å². The topological polar surface area (TPSA) is 59.1 Å². The van der Waals surface area contributed by atoms with Crippen molar-refractivity contribution in [2.24, 2.45) is 0 Å². The van der Waals surface area contributed by atoms with Crippen molar-refractivity contribution in [3.05, 3.63) is 12.0 Å². The van der Waals surface area contributed by atoms with Crippen molar-refractivity contribution in [2.75, 3.05) is 30.8 Å². The highest BCUT2D eigenvalue weighted by atomic mass is 19.1. The number of rotatable bonds is 7. The van der Waals surface area contributed by atoms with E-state index in [0.717, 1.165) is 32.2 Å². The molecule has 0 aliphatic heterocycles. The van der Waals surface area contributed by atoms with E-state index in [1.807, 2.05) is 0 Å². The lowest BCUT2D eigenvalue weighted by Crippen LogP contribution is -2.45. The van der Waals surface area contributed by atoms with Crippen molar-refractivity contribution < 1.29 is 9.13 Å². The lowest BCUT2D eigenvalue weighted by molar-refractivity contribution is -0.0602. The lowest BCUT2D eigenvalue weighted by Gasteiger charge is -2.40. The number of hydrogen-bond donors (Lipinski definition) is 2. The molecule has 0 aromatic carbocycles. The summed E-state index contributed by atoms with van der Waals surface area (Å²) >= 11 is 0. The van der Waals surface area contributed by atoms with Gasteiger partial charge in [0, 0.05) is 20.2 Å². The Bertz CT molecular complexity index is 418. The molecule has 0 radical (unpaired) electrons. The molecule has 5 nitrogen and oxygen atoms in total. The number of ether oxygens (including phenoxy) is 1. The molecule has 0 amide bonds. The van der Waals surface area contributed by atoms with Crippen LogP contribution in [-0.4, -0.2) is 35.8 Å². The fraction of sp³-hybridized carbons (Fsp3) is 0.692. The number of aromatic nitrogens is 2. The summed E-state index contributed by atoms with van der Waals surface area (Å²) in [5.74, 6) is 0.246. The Morgan fingerprint density at radius 1 is 1.42 bits per heavy atom. The minimum atomic E-state index is -0.437. The summed E-state index contributed by atoms with van der Waals surface area (Å²) in [6.45, 7) is 3.40. The van der Waals surface area contributed by atoms with Gasteiger partial charge in [0.15, 0.2) is 11.6 Å². The van der Waals surface area contributed by atoms with Crippen LogP contribution < -0.4 is 10.6 Å². The maximum absolute atomic E-state index is 13.6. The molecule has 0 bridgehead atoms. The van der Waals surface area contributed by atoms with E-state index in [1.54, 1.807) is 7.11 Å². The van der Waals surface area contributed by atoms with Crippen molar-refractivity contribution in [1.29, 1.82) is 0 Å². The SMILES string of the molecule is CCCNc1ncc(F)c(NCC2(OC)CCC2)n1. The monoisotopic (exact) mass is 268 g/mol. The Labute approximate surface area is 113 Å². The maximum Gasteiger partial charge on any atom is 0.224 e. The highest BCUT2D eigenvalue weighted by Crippen LogP contribution is 2.35. The van der Waals surface area contributed by atoms with Gasteiger partial charge in [-0.05, 0) is 25.7 Å². The highest BCUT2D eigenvalue weighted by molar-refractivity contribution is 5.41. The smallest absolute Gasteiger partial charge is 0.224 e. The first-order valence-corrected chi connectivity index (χ1v) is 6.74. The molecular formula is C13H21FN4O. The molecule has 19 heavy (non-hydrogen) atoms. The van der Waals surface area contributed by atoms with Crippen LogP contribution in [0, 0.1) is 5.82 Å². The second-order valence-electron chi connectivity index (χ2n) is 4.91. The van der Waals surface area contributed by atoms with Gasteiger partial charge in [-0.15, -0.1) is 0 Å². The van der Waals surface area contributed by atoms with Gasteiger partial charge in [-0.3, -0.25) is 0 Å². The summed E-state index contributed by atoms with van der Waals surface area (Å²) in [4.78, 5) is 8.05. The highest BCUT2D eigenvalue weighted by Gasteiger charge is 2.37. The third kappa shape index (κ3) is 3.32. The summed E-state index contributed by atoms with van der Waals surface area (Å²) < 4.78 is 19.1. The summed E-state index contributed by atoms with van der Waals surface area (Å²) in [7, 11) is 1.70. The van der Waals surface area contributed by atoms with Crippen LogP contribution in [-0.2, 0) is 4.74 Å². The van der Waals surface area contributed by atoms with Crippen molar-refractivity contribution in [3.63, 3.8) is 0 Å². The standard InChI is InChI=1S/C13H21FN4O/c1-3-7-15-12-16-8-10(14)11(18-12)17-9-13(19-2)5-4-6-13/h8H,3-7,9H2,1-2H3,(H2,15,16,17,18). The third-order valence-electron chi connectivity index (χ3n) is 3.55. The van der Waals surface area contributed by atoms with Crippen molar-refractivity contribution in [2.45, 2.75) is 38.2 Å². The van der Waals surface area contributed by atoms with E-state index in [1.165, 1.54) is 6.20 Å². The third-order valence-corrected chi connectivity index (χ3v) is 3.55. The van der Waals surface area contributed by atoms with E-state index in [-0.39, 0.29) is 11.4 Å². The molecule has 0 unspecified atom stereocenters. The predicted molar refractivity (Wildman–Crippen MR) is 72.9 cm³/mol. The number of hydrogen-bond acceptors (Lipinski definition) is 5. The van der Waals surface area contributed by atoms with Gasteiger partial charge in [0.2, 0.25) is 5.95 Å². The zero-order valence-electron chi connectivity index (χ0n) is 11.5. The Morgan fingerprint density at radius 3 is 2.79 bits per heavy atom. The molecule has 1 aliphatic rings. The van der Waals surface area contributed by atoms with Gasteiger partial charge < -0.3 is 15.4 Å². The van der Waals surface area contributed by atoms with Crippen LogP contribution in [0.2, 0.25) is 0 Å². The quantitative estimate of drug-likeness (QED) is 0.795. The van der Waals surface area contributed by atoms with Crippen molar-refractivity contribution in [3.8, 4) is 0 Å². The molecule has 1 aliphatic carbocycles. The molecule has 0 saturated heterocycles. The molecule has 0 spiro atoms. The van der Waals surface area contributed by atoms with Gasteiger partial charge in [-0.1, -0.05) is 6.92 Å². The number of anilines is 2. The fourth-order valence-corrected chi connectivity index (χ4v) is 2.08. The summed E-state index contributed by atoms with van der Waals surface area (Å²) in [6, 6.07) is 0. The molecule has 2 N–H and O–H groups in total. The van der Waals surface area contributed by atoms with Crippen LogP contribution in [0.15, 0.2) is 6.20 Å². The minimum Gasteiger partial charge on any atom is -0.376 e. The molecule has 6 heteroatoms. The first-order valence-electron chi connectivity index (χ1n) is 6.74. The van der Waals surface area contributed by atoms with Gasteiger partial charge >= 0.3 is 0 Å².